The van der Waals surface area contributed by atoms with Crippen molar-refractivity contribution in [3.8, 4) is 0 Å². The first-order valence-electron chi connectivity index (χ1n) is 6.72. The van der Waals surface area contributed by atoms with Crippen LogP contribution < -0.4 is 9.80 Å². The second-order valence-corrected chi connectivity index (χ2v) is 5.13. The lowest BCUT2D eigenvalue weighted by molar-refractivity contribution is 0.786. The second kappa shape index (κ2) is 6.05. The van der Waals surface area contributed by atoms with Crippen LogP contribution in [0.4, 0.5) is 11.5 Å². The molecule has 3 rings (SSSR count). The van der Waals surface area contributed by atoms with Crippen molar-refractivity contribution in [3.05, 3.63) is 41.8 Å². The number of aromatic nitrogens is 3. The van der Waals surface area contributed by atoms with Crippen molar-refractivity contribution < 1.29 is 0 Å². The molecule has 0 bridgehead atoms. The number of rotatable bonds is 2. The van der Waals surface area contributed by atoms with Crippen LogP contribution in [0.25, 0.3) is 0 Å². The molecular weight excluding hydrogens is 274 g/mol. The fourth-order valence-corrected chi connectivity index (χ4v) is 2.62. The van der Waals surface area contributed by atoms with Crippen LogP contribution in [0.3, 0.4) is 0 Å². The molecule has 6 heteroatoms. The first kappa shape index (κ1) is 13.1. The molecule has 1 fully saturated rings. The van der Waals surface area contributed by atoms with Crippen LogP contribution in [0, 0.1) is 0 Å². The van der Waals surface area contributed by atoms with Gasteiger partial charge in [0.05, 0.1) is 0 Å². The number of nitrogens with zero attached hydrogens (tertiary/aromatic N) is 5. The molecule has 0 atom stereocenters. The summed E-state index contributed by atoms with van der Waals surface area (Å²) in [6, 6.07) is 7.85. The zero-order valence-electron chi connectivity index (χ0n) is 11.1. The summed E-state index contributed by atoms with van der Waals surface area (Å²) in [5.41, 5.74) is 1.13. The van der Waals surface area contributed by atoms with E-state index in [0.717, 1.165) is 44.1 Å². The Morgan fingerprint density at radius 2 is 1.85 bits per heavy atom. The van der Waals surface area contributed by atoms with Gasteiger partial charge in [-0.05, 0) is 30.7 Å². The molecule has 1 saturated heterocycles. The SMILES string of the molecule is Clc1cc(N2CCCN(c3cccnn3)CC2)ccn1. The van der Waals surface area contributed by atoms with Gasteiger partial charge < -0.3 is 9.80 Å². The van der Waals surface area contributed by atoms with E-state index in [1.807, 2.05) is 24.3 Å². The lowest BCUT2D eigenvalue weighted by atomic mass is 10.3. The summed E-state index contributed by atoms with van der Waals surface area (Å²) in [7, 11) is 0. The first-order chi connectivity index (χ1) is 9.83. The van der Waals surface area contributed by atoms with Crippen LogP contribution in [0.5, 0.6) is 0 Å². The normalized spacial score (nSPS) is 16.1. The number of pyridine rings is 1. The third-order valence-electron chi connectivity index (χ3n) is 3.45. The fourth-order valence-electron chi connectivity index (χ4n) is 2.46. The number of halogens is 1. The number of hydrogen-bond acceptors (Lipinski definition) is 5. The van der Waals surface area contributed by atoms with Crippen LogP contribution in [0.15, 0.2) is 36.7 Å². The van der Waals surface area contributed by atoms with Crippen molar-refractivity contribution in [3.63, 3.8) is 0 Å². The molecule has 0 aromatic carbocycles. The van der Waals surface area contributed by atoms with Crippen LogP contribution in [0.2, 0.25) is 5.15 Å². The third kappa shape index (κ3) is 2.99. The highest BCUT2D eigenvalue weighted by molar-refractivity contribution is 6.29. The van der Waals surface area contributed by atoms with Gasteiger partial charge in [-0.15, -0.1) is 5.10 Å². The molecule has 20 heavy (non-hydrogen) atoms. The highest BCUT2D eigenvalue weighted by Crippen LogP contribution is 2.20. The maximum absolute atomic E-state index is 5.96. The van der Waals surface area contributed by atoms with Gasteiger partial charge in [0.2, 0.25) is 0 Å². The van der Waals surface area contributed by atoms with E-state index < -0.39 is 0 Å². The van der Waals surface area contributed by atoms with Crippen molar-refractivity contribution in [1.29, 1.82) is 0 Å². The molecule has 1 aliphatic rings. The van der Waals surface area contributed by atoms with E-state index >= 15 is 0 Å². The molecule has 0 spiro atoms. The standard InChI is InChI=1S/C14H16ClN5/c15-13-11-12(4-6-16-13)19-7-2-8-20(10-9-19)14-3-1-5-17-18-14/h1,3-6,11H,2,7-10H2. The highest BCUT2D eigenvalue weighted by Gasteiger charge is 2.16. The minimum Gasteiger partial charge on any atom is -0.370 e. The Bertz CT molecular complexity index is 563. The van der Waals surface area contributed by atoms with E-state index in [0.29, 0.717) is 5.15 Å². The number of anilines is 2. The van der Waals surface area contributed by atoms with Crippen LogP contribution in [-0.4, -0.2) is 41.4 Å². The average Bonchev–Trinajstić information content (AvgIpc) is 2.74. The Kier molecular flexibility index (Phi) is 3.97. The summed E-state index contributed by atoms with van der Waals surface area (Å²) < 4.78 is 0. The third-order valence-corrected chi connectivity index (χ3v) is 3.66. The Hall–Kier alpha value is -1.88. The molecule has 0 saturated carbocycles. The summed E-state index contributed by atoms with van der Waals surface area (Å²) in [4.78, 5) is 8.64. The van der Waals surface area contributed by atoms with Crippen LogP contribution in [0.1, 0.15) is 6.42 Å². The van der Waals surface area contributed by atoms with Gasteiger partial charge in [0.1, 0.15) is 5.15 Å². The lowest BCUT2D eigenvalue weighted by Gasteiger charge is -2.23. The average molecular weight is 290 g/mol. The summed E-state index contributed by atoms with van der Waals surface area (Å²) in [5, 5.41) is 8.67. The largest absolute Gasteiger partial charge is 0.370 e. The maximum Gasteiger partial charge on any atom is 0.151 e. The molecule has 0 aliphatic carbocycles. The molecule has 3 heterocycles. The van der Waals surface area contributed by atoms with Gasteiger partial charge in [-0.2, -0.15) is 5.10 Å². The van der Waals surface area contributed by atoms with Crippen molar-refractivity contribution in [2.75, 3.05) is 36.0 Å². The van der Waals surface area contributed by atoms with Crippen LogP contribution >= 0.6 is 11.6 Å². The van der Waals surface area contributed by atoms with Crippen LogP contribution in [-0.2, 0) is 0 Å². The van der Waals surface area contributed by atoms with E-state index in [2.05, 4.69) is 25.0 Å². The highest BCUT2D eigenvalue weighted by atomic mass is 35.5. The zero-order chi connectivity index (χ0) is 13.8. The Labute approximate surface area is 123 Å². The molecule has 0 amide bonds. The van der Waals surface area contributed by atoms with Gasteiger partial charge >= 0.3 is 0 Å². The molecule has 0 N–H and O–H groups in total. The van der Waals surface area contributed by atoms with Crippen molar-refractivity contribution in [2.24, 2.45) is 0 Å². The quantitative estimate of drug-likeness (QED) is 0.794. The van der Waals surface area contributed by atoms with E-state index in [1.54, 1.807) is 12.4 Å². The van der Waals surface area contributed by atoms with Crippen molar-refractivity contribution in [1.82, 2.24) is 15.2 Å². The smallest absolute Gasteiger partial charge is 0.151 e. The Balaban J connectivity index is 1.71. The summed E-state index contributed by atoms with van der Waals surface area (Å²) >= 11 is 5.96. The monoisotopic (exact) mass is 289 g/mol. The predicted molar refractivity (Wildman–Crippen MR) is 80.3 cm³/mol. The molecule has 2 aromatic heterocycles. The van der Waals surface area contributed by atoms with E-state index in [9.17, 15) is 0 Å². The first-order valence-corrected chi connectivity index (χ1v) is 7.10. The molecule has 0 radical (unpaired) electrons. The van der Waals surface area contributed by atoms with E-state index in [4.69, 9.17) is 11.6 Å². The van der Waals surface area contributed by atoms with Gasteiger partial charge in [0.25, 0.3) is 0 Å². The summed E-state index contributed by atoms with van der Waals surface area (Å²) in [6.45, 7) is 3.88. The van der Waals surface area contributed by atoms with Crippen molar-refractivity contribution >= 4 is 23.1 Å². The molecule has 1 aliphatic heterocycles. The topological polar surface area (TPSA) is 45.2 Å². The Morgan fingerprint density at radius 3 is 2.65 bits per heavy atom. The summed E-state index contributed by atoms with van der Waals surface area (Å²) in [6.07, 6.45) is 4.53. The molecule has 2 aromatic rings. The molecular formula is C14H16ClN5. The second-order valence-electron chi connectivity index (χ2n) is 4.75. The van der Waals surface area contributed by atoms with E-state index in [1.165, 1.54) is 0 Å². The minimum atomic E-state index is 0.539. The molecule has 0 unspecified atom stereocenters. The fraction of sp³-hybridized carbons (Fsp3) is 0.357. The number of hydrogen-bond donors (Lipinski definition) is 0. The molecule has 104 valence electrons. The van der Waals surface area contributed by atoms with Gasteiger partial charge in [-0.1, -0.05) is 11.6 Å². The van der Waals surface area contributed by atoms with Gasteiger partial charge in [0, 0.05) is 44.3 Å². The van der Waals surface area contributed by atoms with E-state index in [-0.39, 0.29) is 0 Å². The lowest BCUT2D eigenvalue weighted by Crippen LogP contribution is -2.31. The zero-order valence-corrected chi connectivity index (χ0v) is 11.9. The minimum absolute atomic E-state index is 0.539. The maximum atomic E-state index is 5.96. The Morgan fingerprint density at radius 1 is 1.00 bits per heavy atom. The van der Waals surface area contributed by atoms with Gasteiger partial charge in [0.15, 0.2) is 5.82 Å². The summed E-state index contributed by atoms with van der Waals surface area (Å²) in [5.74, 6) is 0.946. The predicted octanol–water partition coefficient (Wildman–Crippen LogP) is 2.24. The van der Waals surface area contributed by atoms with Gasteiger partial charge in [-0.25, -0.2) is 4.98 Å². The van der Waals surface area contributed by atoms with Crippen molar-refractivity contribution in [2.45, 2.75) is 6.42 Å². The van der Waals surface area contributed by atoms with Gasteiger partial charge in [-0.3, -0.25) is 0 Å². The molecule has 5 nitrogen and oxygen atoms in total.